The number of nitrogens with zero attached hydrogens (tertiary/aromatic N) is 2. The van der Waals surface area contributed by atoms with Crippen molar-refractivity contribution in [1.29, 1.82) is 0 Å². The van der Waals surface area contributed by atoms with Crippen LogP contribution in [0.3, 0.4) is 0 Å². The van der Waals surface area contributed by atoms with E-state index in [1.807, 2.05) is 6.92 Å². The van der Waals surface area contributed by atoms with E-state index < -0.39 is 0 Å². The predicted octanol–water partition coefficient (Wildman–Crippen LogP) is 2.40. The Labute approximate surface area is 101 Å². The molecule has 0 saturated heterocycles. The van der Waals surface area contributed by atoms with Crippen molar-refractivity contribution in [2.75, 3.05) is 18.5 Å². The number of hydrogen-bond donors (Lipinski definition) is 2. The first-order valence-electron chi connectivity index (χ1n) is 5.58. The van der Waals surface area contributed by atoms with Crippen molar-refractivity contribution < 1.29 is 5.11 Å². The molecule has 0 spiro atoms. The molecule has 0 atom stereocenters. The van der Waals surface area contributed by atoms with Crippen molar-refractivity contribution in [1.82, 2.24) is 9.97 Å². The quantitative estimate of drug-likeness (QED) is 0.570. The normalized spacial score (nSPS) is 10.4. The summed E-state index contributed by atoms with van der Waals surface area (Å²) in [5, 5.41) is 12.1. The second-order valence-corrected chi connectivity index (χ2v) is 4.07. The molecule has 4 nitrogen and oxygen atoms in total. The van der Waals surface area contributed by atoms with Gasteiger partial charge in [-0.2, -0.15) is 0 Å². The fourth-order valence-corrected chi connectivity index (χ4v) is 1.53. The van der Waals surface area contributed by atoms with Gasteiger partial charge in [0, 0.05) is 24.9 Å². The molecule has 0 amide bonds. The van der Waals surface area contributed by atoms with E-state index in [-0.39, 0.29) is 11.9 Å². The number of halogens is 1. The first-order valence-corrected chi connectivity index (χ1v) is 5.95. The largest absolute Gasteiger partial charge is 0.396 e. The summed E-state index contributed by atoms with van der Waals surface area (Å²) in [7, 11) is 0. The molecule has 1 rings (SSSR count). The zero-order valence-corrected chi connectivity index (χ0v) is 10.3. The van der Waals surface area contributed by atoms with Crippen LogP contribution in [0.15, 0.2) is 6.20 Å². The maximum atomic E-state index is 8.62. The summed E-state index contributed by atoms with van der Waals surface area (Å²) in [6.45, 7) is 3.11. The minimum absolute atomic E-state index is 0.272. The minimum Gasteiger partial charge on any atom is -0.396 e. The van der Waals surface area contributed by atoms with Crippen LogP contribution in [0.5, 0.6) is 0 Å². The number of unbranched alkanes of at least 4 members (excludes halogenated alkanes) is 3. The Morgan fingerprint density at radius 3 is 2.81 bits per heavy atom. The summed E-state index contributed by atoms with van der Waals surface area (Å²) in [6, 6.07) is 0. The summed E-state index contributed by atoms with van der Waals surface area (Å²) in [5.74, 6) is 0.808. The highest BCUT2D eigenvalue weighted by Gasteiger charge is 2.00. The molecule has 1 aromatic heterocycles. The third kappa shape index (κ3) is 4.77. The Morgan fingerprint density at radius 2 is 2.06 bits per heavy atom. The van der Waals surface area contributed by atoms with E-state index in [1.54, 1.807) is 6.20 Å². The van der Waals surface area contributed by atoms with Crippen molar-refractivity contribution in [3.05, 3.63) is 17.0 Å². The molecule has 1 heterocycles. The third-order valence-electron chi connectivity index (χ3n) is 2.32. The van der Waals surface area contributed by atoms with Gasteiger partial charge >= 0.3 is 0 Å². The monoisotopic (exact) mass is 243 g/mol. The van der Waals surface area contributed by atoms with Gasteiger partial charge in [-0.15, -0.1) is 0 Å². The van der Waals surface area contributed by atoms with Crippen molar-refractivity contribution >= 4 is 17.4 Å². The lowest BCUT2D eigenvalue weighted by Crippen LogP contribution is -2.05. The Hall–Kier alpha value is -0.870. The van der Waals surface area contributed by atoms with E-state index in [4.69, 9.17) is 16.7 Å². The fourth-order valence-electron chi connectivity index (χ4n) is 1.40. The van der Waals surface area contributed by atoms with Gasteiger partial charge in [-0.1, -0.05) is 12.8 Å². The molecule has 90 valence electrons. The molecule has 0 saturated carbocycles. The number of aromatic nitrogens is 2. The van der Waals surface area contributed by atoms with Crippen LogP contribution in [0.25, 0.3) is 0 Å². The van der Waals surface area contributed by atoms with Gasteiger partial charge < -0.3 is 10.4 Å². The lowest BCUT2D eigenvalue weighted by Gasteiger charge is -2.07. The van der Waals surface area contributed by atoms with E-state index in [1.165, 1.54) is 0 Å². The Morgan fingerprint density at radius 1 is 1.31 bits per heavy atom. The lowest BCUT2D eigenvalue weighted by molar-refractivity contribution is 0.283. The molecule has 0 aromatic carbocycles. The highest BCUT2D eigenvalue weighted by atomic mass is 35.5. The van der Waals surface area contributed by atoms with Crippen LogP contribution in [-0.4, -0.2) is 28.2 Å². The van der Waals surface area contributed by atoms with E-state index >= 15 is 0 Å². The standard InChI is InChI=1S/C11H18ClN3O/c1-9-8-14-11(12)15-10(9)13-6-4-2-3-5-7-16/h8,16H,2-7H2,1H3,(H,13,14,15). The molecule has 0 aliphatic carbocycles. The molecular weight excluding hydrogens is 226 g/mol. The summed E-state index contributed by atoms with van der Waals surface area (Å²) in [4.78, 5) is 8.00. The minimum atomic E-state index is 0.272. The topological polar surface area (TPSA) is 58.0 Å². The van der Waals surface area contributed by atoms with Gasteiger partial charge in [-0.05, 0) is 31.4 Å². The first-order chi connectivity index (χ1) is 7.74. The SMILES string of the molecule is Cc1cnc(Cl)nc1NCCCCCCO. The van der Waals surface area contributed by atoms with E-state index in [2.05, 4.69) is 15.3 Å². The molecule has 0 radical (unpaired) electrons. The van der Waals surface area contributed by atoms with Crippen molar-refractivity contribution in [3.8, 4) is 0 Å². The van der Waals surface area contributed by atoms with Crippen LogP contribution in [-0.2, 0) is 0 Å². The van der Waals surface area contributed by atoms with Gasteiger partial charge in [-0.25, -0.2) is 9.97 Å². The van der Waals surface area contributed by atoms with Crippen molar-refractivity contribution in [3.63, 3.8) is 0 Å². The molecule has 1 aromatic rings. The number of aliphatic hydroxyl groups is 1. The summed E-state index contributed by atoms with van der Waals surface area (Å²) < 4.78 is 0. The molecule has 0 bridgehead atoms. The van der Waals surface area contributed by atoms with Crippen molar-refractivity contribution in [2.24, 2.45) is 0 Å². The number of hydrogen-bond acceptors (Lipinski definition) is 4. The van der Waals surface area contributed by atoms with Crippen LogP contribution in [0.2, 0.25) is 5.28 Å². The van der Waals surface area contributed by atoms with Crippen LogP contribution >= 0.6 is 11.6 Å². The Bertz CT molecular complexity index is 320. The predicted molar refractivity (Wildman–Crippen MR) is 65.8 cm³/mol. The molecule has 0 fully saturated rings. The highest BCUT2D eigenvalue weighted by Crippen LogP contribution is 2.12. The number of aliphatic hydroxyl groups excluding tert-OH is 1. The molecule has 5 heteroatoms. The average molecular weight is 244 g/mol. The van der Waals surface area contributed by atoms with Crippen LogP contribution in [0.4, 0.5) is 5.82 Å². The molecule has 0 unspecified atom stereocenters. The molecule has 0 aliphatic rings. The summed E-state index contributed by atoms with van der Waals surface area (Å²) >= 11 is 5.71. The number of anilines is 1. The van der Waals surface area contributed by atoms with Gasteiger partial charge in [-0.3, -0.25) is 0 Å². The van der Waals surface area contributed by atoms with Gasteiger partial charge in [0.15, 0.2) is 0 Å². The maximum absolute atomic E-state index is 8.62. The van der Waals surface area contributed by atoms with Crippen LogP contribution < -0.4 is 5.32 Å². The Balaban J connectivity index is 2.23. The smallest absolute Gasteiger partial charge is 0.224 e. The van der Waals surface area contributed by atoms with E-state index in [0.717, 1.165) is 43.6 Å². The summed E-state index contributed by atoms with van der Waals surface area (Å²) in [5.41, 5.74) is 1.000. The highest BCUT2D eigenvalue weighted by molar-refractivity contribution is 6.28. The average Bonchev–Trinajstić information content (AvgIpc) is 2.28. The molecular formula is C11H18ClN3O. The summed E-state index contributed by atoms with van der Waals surface area (Å²) in [6.07, 6.45) is 5.86. The fraction of sp³-hybridized carbons (Fsp3) is 0.636. The zero-order chi connectivity index (χ0) is 11.8. The number of aryl methyl sites for hydroxylation is 1. The number of nitrogens with one attached hydrogen (secondary N) is 1. The van der Waals surface area contributed by atoms with Gasteiger partial charge in [0.25, 0.3) is 0 Å². The second kappa shape index (κ2) is 7.41. The zero-order valence-electron chi connectivity index (χ0n) is 9.54. The van der Waals surface area contributed by atoms with Crippen molar-refractivity contribution in [2.45, 2.75) is 32.6 Å². The lowest BCUT2D eigenvalue weighted by atomic mass is 10.2. The van der Waals surface area contributed by atoms with E-state index in [9.17, 15) is 0 Å². The molecule has 0 aliphatic heterocycles. The molecule has 16 heavy (non-hydrogen) atoms. The van der Waals surface area contributed by atoms with Gasteiger partial charge in [0.05, 0.1) is 0 Å². The van der Waals surface area contributed by atoms with Gasteiger partial charge in [0.2, 0.25) is 5.28 Å². The van der Waals surface area contributed by atoms with E-state index in [0.29, 0.717) is 0 Å². The number of rotatable bonds is 7. The maximum Gasteiger partial charge on any atom is 0.224 e. The second-order valence-electron chi connectivity index (χ2n) is 3.74. The first kappa shape index (κ1) is 13.2. The Kier molecular flexibility index (Phi) is 6.11. The van der Waals surface area contributed by atoms with Crippen LogP contribution in [0, 0.1) is 6.92 Å². The van der Waals surface area contributed by atoms with Gasteiger partial charge in [0.1, 0.15) is 5.82 Å². The molecule has 2 N–H and O–H groups in total. The third-order valence-corrected chi connectivity index (χ3v) is 2.50. The van der Waals surface area contributed by atoms with Crippen LogP contribution in [0.1, 0.15) is 31.2 Å².